The molecule has 7 heteroatoms. The molecular formula is C9H17ClN4O2. The van der Waals surface area contributed by atoms with E-state index in [0.717, 1.165) is 4.57 Å². The summed E-state index contributed by atoms with van der Waals surface area (Å²) in [6.07, 6.45) is 0.697. The molecule has 0 aromatic carbocycles. The average Bonchev–Trinajstić information content (AvgIpc) is 2.22. The van der Waals surface area contributed by atoms with Gasteiger partial charge in [0.05, 0.1) is 0 Å². The predicted molar refractivity (Wildman–Crippen MR) is 67.0 cm³/mol. The van der Waals surface area contributed by atoms with Crippen LogP contribution in [-0.4, -0.2) is 9.13 Å². The summed E-state index contributed by atoms with van der Waals surface area (Å²) in [5.74, 6) is 0.0554. The molecule has 0 saturated heterocycles. The van der Waals surface area contributed by atoms with Gasteiger partial charge in [0.15, 0.2) is 0 Å². The van der Waals surface area contributed by atoms with Crippen molar-refractivity contribution in [2.45, 2.75) is 33.4 Å². The van der Waals surface area contributed by atoms with Crippen molar-refractivity contribution in [2.24, 2.45) is 0 Å². The van der Waals surface area contributed by atoms with Gasteiger partial charge in [-0.1, -0.05) is 6.92 Å². The van der Waals surface area contributed by atoms with E-state index in [1.165, 1.54) is 4.57 Å². The predicted octanol–water partition coefficient (Wildman–Crippen LogP) is 0.0261. The highest BCUT2D eigenvalue weighted by Crippen LogP contribution is 2.05. The lowest BCUT2D eigenvalue weighted by Crippen LogP contribution is -2.42. The van der Waals surface area contributed by atoms with Crippen molar-refractivity contribution < 1.29 is 0 Å². The van der Waals surface area contributed by atoms with Gasteiger partial charge in [0.1, 0.15) is 11.5 Å². The largest absolute Gasteiger partial charge is 0.391 e. The Kier molecular flexibility index (Phi) is 5.10. The Balaban J connectivity index is 0.00000225. The van der Waals surface area contributed by atoms with E-state index < -0.39 is 11.2 Å². The second-order valence-corrected chi connectivity index (χ2v) is 3.28. The van der Waals surface area contributed by atoms with Crippen LogP contribution in [0.1, 0.15) is 20.3 Å². The number of hydrogen-bond acceptors (Lipinski definition) is 4. The van der Waals surface area contributed by atoms with Gasteiger partial charge in [-0.15, -0.1) is 12.4 Å². The summed E-state index contributed by atoms with van der Waals surface area (Å²) in [5, 5.41) is 0. The summed E-state index contributed by atoms with van der Waals surface area (Å²) in [6, 6.07) is 0. The van der Waals surface area contributed by atoms with Gasteiger partial charge in [-0.05, 0) is 13.3 Å². The van der Waals surface area contributed by atoms with E-state index in [4.69, 9.17) is 11.5 Å². The molecule has 92 valence electrons. The molecule has 0 aliphatic carbocycles. The van der Waals surface area contributed by atoms with E-state index in [0.29, 0.717) is 19.5 Å². The number of rotatable bonds is 3. The van der Waals surface area contributed by atoms with Gasteiger partial charge in [-0.3, -0.25) is 13.9 Å². The molecule has 0 spiro atoms. The van der Waals surface area contributed by atoms with Crippen molar-refractivity contribution in [2.75, 3.05) is 11.5 Å². The maximum absolute atomic E-state index is 11.8. The van der Waals surface area contributed by atoms with Gasteiger partial charge in [0, 0.05) is 13.1 Å². The number of aromatic nitrogens is 2. The molecule has 0 aliphatic heterocycles. The highest BCUT2D eigenvalue weighted by Gasteiger charge is 2.12. The zero-order valence-electron chi connectivity index (χ0n) is 9.40. The Hall–Kier alpha value is -1.43. The molecule has 1 rings (SSSR count). The molecule has 0 radical (unpaired) electrons. The van der Waals surface area contributed by atoms with Crippen molar-refractivity contribution in [3.05, 3.63) is 20.8 Å². The monoisotopic (exact) mass is 248 g/mol. The molecular weight excluding hydrogens is 232 g/mol. The second-order valence-electron chi connectivity index (χ2n) is 3.28. The van der Waals surface area contributed by atoms with Crippen molar-refractivity contribution in [1.82, 2.24) is 9.13 Å². The number of hydrogen-bond donors (Lipinski definition) is 2. The fourth-order valence-electron chi connectivity index (χ4n) is 1.46. The zero-order chi connectivity index (χ0) is 11.6. The lowest BCUT2D eigenvalue weighted by molar-refractivity contribution is 0.566. The number of nitrogens with two attached hydrogens (primary N) is 2. The molecule has 1 aromatic heterocycles. The third kappa shape index (κ3) is 2.21. The minimum atomic E-state index is -0.496. The number of nitrogens with zero attached hydrogens (tertiary/aromatic N) is 2. The van der Waals surface area contributed by atoms with Crippen LogP contribution in [0, 0.1) is 0 Å². The highest BCUT2D eigenvalue weighted by atomic mass is 35.5. The molecule has 1 heterocycles. The van der Waals surface area contributed by atoms with Crippen molar-refractivity contribution in [3.8, 4) is 0 Å². The molecule has 0 aliphatic rings. The van der Waals surface area contributed by atoms with E-state index in [1.54, 1.807) is 6.92 Å². The van der Waals surface area contributed by atoms with Crippen LogP contribution in [0.5, 0.6) is 0 Å². The normalized spacial score (nSPS) is 9.88. The van der Waals surface area contributed by atoms with E-state index in [2.05, 4.69) is 0 Å². The van der Waals surface area contributed by atoms with E-state index >= 15 is 0 Å². The molecule has 0 atom stereocenters. The number of halogens is 1. The van der Waals surface area contributed by atoms with Gasteiger partial charge in [-0.25, -0.2) is 4.79 Å². The molecule has 0 amide bonds. The lowest BCUT2D eigenvalue weighted by Gasteiger charge is -2.12. The quantitative estimate of drug-likeness (QED) is 0.789. The van der Waals surface area contributed by atoms with Gasteiger partial charge < -0.3 is 11.5 Å². The smallest absolute Gasteiger partial charge is 0.332 e. The molecule has 16 heavy (non-hydrogen) atoms. The van der Waals surface area contributed by atoms with E-state index in [9.17, 15) is 9.59 Å². The first kappa shape index (κ1) is 14.6. The molecule has 6 nitrogen and oxygen atoms in total. The first-order valence-corrected chi connectivity index (χ1v) is 4.93. The van der Waals surface area contributed by atoms with Crippen LogP contribution in [0.4, 0.5) is 11.5 Å². The molecule has 1 aromatic rings. The molecule has 0 saturated carbocycles. The van der Waals surface area contributed by atoms with E-state index in [1.807, 2.05) is 6.92 Å². The zero-order valence-corrected chi connectivity index (χ0v) is 10.2. The van der Waals surface area contributed by atoms with E-state index in [-0.39, 0.29) is 23.9 Å². The van der Waals surface area contributed by atoms with Gasteiger partial charge in [0.25, 0.3) is 5.56 Å². The van der Waals surface area contributed by atoms with Crippen LogP contribution in [-0.2, 0) is 13.1 Å². The van der Waals surface area contributed by atoms with Crippen molar-refractivity contribution in [1.29, 1.82) is 0 Å². The SMILES string of the molecule is CCCn1c(=O)c(N)c(N)n(CC)c1=O.Cl. The van der Waals surface area contributed by atoms with Crippen LogP contribution in [0.3, 0.4) is 0 Å². The Bertz CT molecular complexity index is 478. The maximum Gasteiger partial charge on any atom is 0.332 e. The minimum Gasteiger partial charge on any atom is -0.391 e. The minimum absolute atomic E-state index is 0. The topological polar surface area (TPSA) is 96.0 Å². The van der Waals surface area contributed by atoms with Crippen molar-refractivity contribution in [3.63, 3.8) is 0 Å². The summed E-state index contributed by atoms with van der Waals surface area (Å²) < 4.78 is 2.42. The van der Waals surface area contributed by atoms with Crippen LogP contribution in [0.2, 0.25) is 0 Å². The third-order valence-corrected chi connectivity index (χ3v) is 2.27. The van der Waals surface area contributed by atoms with Gasteiger partial charge >= 0.3 is 5.69 Å². The van der Waals surface area contributed by atoms with Crippen LogP contribution in [0.15, 0.2) is 9.59 Å². The van der Waals surface area contributed by atoms with Crippen molar-refractivity contribution >= 4 is 23.9 Å². The maximum atomic E-state index is 11.8. The van der Waals surface area contributed by atoms with Crippen LogP contribution >= 0.6 is 12.4 Å². The summed E-state index contributed by atoms with van der Waals surface area (Å²) in [6.45, 7) is 4.42. The third-order valence-electron chi connectivity index (χ3n) is 2.27. The second kappa shape index (κ2) is 5.60. The summed E-state index contributed by atoms with van der Waals surface area (Å²) in [5.41, 5.74) is 10.2. The first-order chi connectivity index (χ1) is 7.04. The molecule has 4 N–H and O–H groups in total. The fraction of sp³-hybridized carbons (Fsp3) is 0.556. The lowest BCUT2D eigenvalue weighted by atomic mass is 10.4. The number of nitrogen functional groups attached to an aromatic ring is 2. The Morgan fingerprint density at radius 3 is 2.12 bits per heavy atom. The Morgan fingerprint density at radius 1 is 1.12 bits per heavy atom. The Morgan fingerprint density at radius 2 is 1.69 bits per heavy atom. The standard InChI is InChI=1S/C9H16N4O2.ClH/c1-3-5-13-8(14)6(10)7(11)12(4-2)9(13)15;/h3-5,10-11H2,1-2H3;1H. The molecule has 0 fully saturated rings. The Labute approximate surface area is 99.3 Å². The summed E-state index contributed by atoms with van der Waals surface area (Å²) in [7, 11) is 0. The summed E-state index contributed by atoms with van der Waals surface area (Å²) in [4.78, 5) is 23.4. The van der Waals surface area contributed by atoms with Gasteiger partial charge in [-0.2, -0.15) is 0 Å². The number of anilines is 2. The van der Waals surface area contributed by atoms with Crippen LogP contribution < -0.4 is 22.7 Å². The molecule has 0 unspecified atom stereocenters. The first-order valence-electron chi connectivity index (χ1n) is 4.93. The molecule has 0 bridgehead atoms. The van der Waals surface area contributed by atoms with Crippen LogP contribution in [0.25, 0.3) is 0 Å². The average molecular weight is 249 g/mol. The fourth-order valence-corrected chi connectivity index (χ4v) is 1.46. The summed E-state index contributed by atoms with van der Waals surface area (Å²) >= 11 is 0. The highest BCUT2D eigenvalue weighted by molar-refractivity contribution is 5.85. The van der Waals surface area contributed by atoms with Gasteiger partial charge in [0.2, 0.25) is 0 Å².